The monoisotopic (exact) mass is 588 g/mol. The number of amides is 2. The van der Waals surface area contributed by atoms with Crippen LogP contribution in [0.1, 0.15) is 78.8 Å². The fourth-order valence-corrected chi connectivity index (χ4v) is 6.37. The molecule has 3 N–H and O–H groups in total. The van der Waals surface area contributed by atoms with Gasteiger partial charge in [0.2, 0.25) is 0 Å². The van der Waals surface area contributed by atoms with Gasteiger partial charge in [-0.15, -0.1) is 0 Å². The van der Waals surface area contributed by atoms with Crippen molar-refractivity contribution in [2.75, 3.05) is 18.6 Å². The van der Waals surface area contributed by atoms with Gasteiger partial charge in [0.25, 0.3) is 11.8 Å². The molecule has 0 aromatic carbocycles. The molecule has 0 aliphatic heterocycles. The summed E-state index contributed by atoms with van der Waals surface area (Å²) in [7, 11) is 2.11. The maximum atomic E-state index is 13.6. The number of imidazole rings is 1. The zero-order valence-electron chi connectivity index (χ0n) is 24.5. The Morgan fingerprint density at radius 1 is 1.14 bits per heavy atom. The van der Waals surface area contributed by atoms with E-state index in [9.17, 15) is 14.7 Å². The number of aromatic nitrogens is 3. The minimum Gasteiger partial charge on any atom is -0.394 e. The number of fused-ring (bicyclic) bond motifs is 1. The Balaban J connectivity index is 1.35. The molecule has 0 spiro atoms. The summed E-state index contributed by atoms with van der Waals surface area (Å²) in [5, 5.41) is 19.7. The van der Waals surface area contributed by atoms with Gasteiger partial charge in [-0.25, -0.2) is 9.97 Å². The second-order valence-corrected chi connectivity index (χ2v) is 12.3. The Morgan fingerprint density at radius 2 is 1.95 bits per heavy atom. The first kappa shape index (κ1) is 29.7. The van der Waals surface area contributed by atoms with Crippen molar-refractivity contribution in [1.29, 1.82) is 0 Å². The fraction of sp³-hybridized carbons (Fsp3) is 0.438. The molecule has 222 valence electrons. The predicted octanol–water partition coefficient (Wildman–Crippen LogP) is 5.29. The number of thiophene rings is 1. The van der Waals surface area contributed by atoms with Gasteiger partial charge in [-0.05, 0) is 60.4 Å². The highest BCUT2D eigenvalue weighted by molar-refractivity contribution is 7.08. The summed E-state index contributed by atoms with van der Waals surface area (Å²) in [6.45, 7) is 4.25. The van der Waals surface area contributed by atoms with Crippen LogP contribution in [0.15, 0.2) is 53.5 Å². The number of aliphatic hydroxyl groups excluding tert-OH is 1. The molecule has 0 saturated heterocycles. The number of aliphatic hydroxyl groups is 1. The zero-order valence-corrected chi connectivity index (χ0v) is 25.4. The molecular weight excluding hydrogens is 548 g/mol. The lowest BCUT2D eigenvalue weighted by Gasteiger charge is -2.32. The van der Waals surface area contributed by atoms with Crippen molar-refractivity contribution in [3.8, 4) is 11.3 Å². The second kappa shape index (κ2) is 13.5. The summed E-state index contributed by atoms with van der Waals surface area (Å²) >= 11 is 1.51. The van der Waals surface area contributed by atoms with Crippen LogP contribution in [-0.2, 0) is 6.54 Å². The van der Waals surface area contributed by atoms with E-state index >= 15 is 0 Å². The quantitative estimate of drug-likeness (QED) is 0.219. The van der Waals surface area contributed by atoms with Gasteiger partial charge in [0, 0.05) is 43.0 Å². The number of nitrogens with zero attached hydrogens (tertiary/aromatic N) is 4. The van der Waals surface area contributed by atoms with Crippen molar-refractivity contribution in [2.45, 2.75) is 71.0 Å². The lowest BCUT2D eigenvalue weighted by molar-refractivity contribution is 0.0901. The molecule has 4 aromatic heterocycles. The molecule has 4 heterocycles. The SMILES string of the molecule is CC(C)C[C@@H](CO)NC(=O)c1c(-c2ccsc2)nc2c(C(=O)NCc3ccc(N(C)C4CCCCC4)nc3)cccn12. The molecule has 5 rings (SSSR count). The van der Waals surface area contributed by atoms with Crippen LogP contribution in [-0.4, -0.2) is 57.0 Å². The van der Waals surface area contributed by atoms with E-state index in [0.717, 1.165) is 16.9 Å². The fourth-order valence-electron chi connectivity index (χ4n) is 5.73. The third kappa shape index (κ3) is 6.65. The number of nitrogens with one attached hydrogen (secondary N) is 2. The maximum Gasteiger partial charge on any atom is 0.270 e. The molecule has 0 radical (unpaired) electrons. The topological polar surface area (TPSA) is 112 Å². The van der Waals surface area contributed by atoms with Gasteiger partial charge in [0.1, 0.15) is 17.2 Å². The van der Waals surface area contributed by atoms with Crippen molar-refractivity contribution in [3.63, 3.8) is 0 Å². The highest BCUT2D eigenvalue weighted by Gasteiger charge is 2.26. The van der Waals surface area contributed by atoms with Crippen molar-refractivity contribution in [1.82, 2.24) is 25.0 Å². The standard InChI is InChI=1S/C32H40N6O3S/c1-21(2)16-24(19-39)35-32(41)29-28(23-13-15-42-20-23)36-30-26(10-7-14-38(29)30)31(40)34-18-22-11-12-27(33-17-22)37(3)25-8-5-4-6-9-25/h7,10-15,17,20-21,24-25,39H,4-6,8-9,16,18-19H2,1-3H3,(H,34,40)(H,35,41)/t24-/m0/s1. The van der Waals surface area contributed by atoms with Crippen molar-refractivity contribution < 1.29 is 14.7 Å². The highest BCUT2D eigenvalue weighted by atomic mass is 32.1. The van der Waals surface area contributed by atoms with E-state index < -0.39 is 0 Å². The summed E-state index contributed by atoms with van der Waals surface area (Å²) in [5.74, 6) is 0.624. The first-order valence-corrected chi connectivity index (χ1v) is 15.7. The van der Waals surface area contributed by atoms with Crippen LogP contribution in [0.2, 0.25) is 0 Å². The van der Waals surface area contributed by atoms with Gasteiger partial charge in [-0.3, -0.25) is 14.0 Å². The Hall–Kier alpha value is -3.76. The number of hydrogen-bond donors (Lipinski definition) is 3. The van der Waals surface area contributed by atoms with Gasteiger partial charge in [-0.1, -0.05) is 39.2 Å². The average molecular weight is 589 g/mol. The molecule has 1 aliphatic carbocycles. The Morgan fingerprint density at radius 3 is 2.62 bits per heavy atom. The van der Waals surface area contributed by atoms with E-state index in [1.165, 1.54) is 43.4 Å². The Kier molecular flexibility index (Phi) is 9.54. The van der Waals surface area contributed by atoms with Gasteiger partial charge in [0.15, 0.2) is 5.65 Å². The van der Waals surface area contributed by atoms with E-state index in [2.05, 4.69) is 27.6 Å². The van der Waals surface area contributed by atoms with Crippen LogP contribution in [0.5, 0.6) is 0 Å². The molecule has 2 amide bonds. The number of hydrogen-bond acceptors (Lipinski definition) is 7. The molecule has 1 aliphatic rings. The molecular formula is C32H40N6O3S. The normalized spacial score (nSPS) is 14.7. The summed E-state index contributed by atoms with van der Waals surface area (Å²) in [6.07, 6.45) is 10.5. The Labute approximate surface area is 251 Å². The predicted molar refractivity (Wildman–Crippen MR) is 167 cm³/mol. The number of rotatable bonds is 11. The molecule has 10 heteroatoms. The maximum absolute atomic E-state index is 13.6. The van der Waals surface area contributed by atoms with E-state index in [0.29, 0.717) is 47.5 Å². The molecule has 0 bridgehead atoms. The van der Waals surface area contributed by atoms with Gasteiger partial charge in [0.05, 0.1) is 18.2 Å². The minimum absolute atomic E-state index is 0.158. The molecule has 1 saturated carbocycles. The molecule has 0 unspecified atom stereocenters. The number of anilines is 1. The Bertz CT molecular complexity index is 1490. The lowest BCUT2D eigenvalue weighted by atomic mass is 9.94. The van der Waals surface area contributed by atoms with E-state index in [4.69, 9.17) is 4.98 Å². The number of carbonyl (C=O) groups excluding carboxylic acids is 2. The number of carbonyl (C=O) groups is 2. The minimum atomic E-state index is -0.382. The summed E-state index contributed by atoms with van der Waals surface area (Å²) in [5.41, 5.74) is 3.30. The summed E-state index contributed by atoms with van der Waals surface area (Å²) < 4.78 is 1.67. The van der Waals surface area contributed by atoms with Crippen LogP contribution in [0, 0.1) is 5.92 Å². The molecule has 1 fully saturated rings. The largest absolute Gasteiger partial charge is 0.394 e. The van der Waals surface area contributed by atoms with Gasteiger partial charge < -0.3 is 20.6 Å². The van der Waals surface area contributed by atoms with Gasteiger partial charge in [-0.2, -0.15) is 11.3 Å². The highest BCUT2D eigenvalue weighted by Crippen LogP contribution is 2.28. The average Bonchev–Trinajstić information content (AvgIpc) is 3.68. The van der Waals surface area contributed by atoms with Crippen LogP contribution in [0.25, 0.3) is 16.9 Å². The van der Waals surface area contributed by atoms with Crippen LogP contribution >= 0.6 is 11.3 Å². The molecule has 42 heavy (non-hydrogen) atoms. The smallest absolute Gasteiger partial charge is 0.270 e. The first-order valence-electron chi connectivity index (χ1n) is 14.8. The van der Waals surface area contributed by atoms with E-state index in [1.807, 2.05) is 49.0 Å². The van der Waals surface area contributed by atoms with Crippen molar-refractivity contribution in [2.24, 2.45) is 5.92 Å². The van der Waals surface area contributed by atoms with Crippen LogP contribution in [0.3, 0.4) is 0 Å². The van der Waals surface area contributed by atoms with E-state index in [-0.39, 0.29) is 24.5 Å². The molecule has 4 aromatic rings. The zero-order chi connectivity index (χ0) is 29.6. The summed E-state index contributed by atoms with van der Waals surface area (Å²) in [4.78, 5) is 38.7. The second-order valence-electron chi connectivity index (χ2n) is 11.5. The number of pyridine rings is 2. The van der Waals surface area contributed by atoms with Gasteiger partial charge >= 0.3 is 0 Å². The molecule has 1 atom stereocenters. The lowest BCUT2D eigenvalue weighted by Crippen LogP contribution is -2.39. The van der Waals surface area contributed by atoms with Crippen molar-refractivity contribution in [3.05, 3.63) is 70.3 Å². The molecule has 9 nitrogen and oxygen atoms in total. The van der Waals surface area contributed by atoms with E-state index in [1.54, 1.807) is 22.7 Å². The third-order valence-electron chi connectivity index (χ3n) is 7.96. The summed E-state index contributed by atoms with van der Waals surface area (Å²) in [6, 6.07) is 9.53. The van der Waals surface area contributed by atoms with Crippen LogP contribution < -0.4 is 15.5 Å². The van der Waals surface area contributed by atoms with Crippen molar-refractivity contribution >= 4 is 34.6 Å². The first-order chi connectivity index (χ1) is 20.4. The van der Waals surface area contributed by atoms with Crippen LogP contribution in [0.4, 0.5) is 5.82 Å². The third-order valence-corrected chi connectivity index (χ3v) is 8.65.